The first-order valence-corrected chi connectivity index (χ1v) is 9.58. The molecule has 0 atom stereocenters. The minimum atomic E-state index is -3.96. The predicted octanol–water partition coefficient (Wildman–Crippen LogP) is 1.74. The lowest BCUT2D eigenvalue weighted by Crippen LogP contribution is -2.37. The van der Waals surface area contributed by atoms with E-state index in [4.69, 9.17) is 19.3 Å². The number of methoxy groups -OCH3 is 1. The van der Waals surface area contributed by atoms with Gasteiger partial charge < -0.3 is 19.3 Å². The van der Waals surface area contributed by atoms with Crippen LogP contribution in [0, 0.1) is 0 Å². The fourth-order valence-electron chi connectivity index (χ4n) is 2.68. The quantitative estimate of drug-likeness (QED) is 0.729. The van der Waals surface area contributed by atoms with Crippen LogP contribution in [0.3, 0.4) is 0 Å². The summed E-state index contributed by atoms with van der Waals surface area (Å²) in [4.78, 5) is 11.2. The average molecular weight is 393 g/mol. The molecule has 2 aromatic carbocycles. The van der Waals surface area contributed by atoms with Crippen LogP contribution in [0.4, 0.5) is 0 Å². The summed E-state index contributed by atoms with van der Waals surface area (Å²) >= 11 is 0. The first-order valence-electron chi connectivity index (χ1n) is 8.14. The van der Waals surface area contributed by atoms with Gasteiger partial charge in [0.2, 0.25) is 16.8 Å². The summed E-state index contributed by atoms with van der Waals surface area (Å²) in [6.07, 6.45) is 0.333. The van der Waals surface area contributed by atoms with E-state index in [0.717, 1.165) is 9.87 Å². The number of carbonyl (C=O) groups is 1. The molecule has 1 aliphatic rings. The van der Waals surface area contributed by atoms with Crippen LogP contribution in [0.25, 0.3) is 0 Å². The van der Waals surface area contributed by atoms with E-state index in [0.29, 0.717) is 23.7 Å². The second kappa shape index (κ2) is 7.85. The molecule has 2 aromatic rings. The van der Waals surface area contributed by atoms with Gasteiger partial charge in [-0.2, -0.15) is 4.31 Å². The predicted molar refractivity (Wildman–Crippen MR) is 95.7 cm³/mol. The standard InChI is InChI=1S/C18H19NO7S/c1-24-14-3-5-15(6-4-14)27(22,23)19(11-18(20)21)9-8-13-2-7-16-17(10-13)26-12-25-16/h2-7,10H,8-9,11-12H2,1H3,(H,20,21). The van der Waals surface area contributed by atoms with Gasteiger partial charge in [0.25, 0.3) is 0 Å². The number of hydrogen-bond donors (Lipinski definition) is 1. The molecule has 0 fully saturated rings. The molecule has 0 saturated carbocycles. The molecule has 0 radical (unpaired) electrons. The molecule has 0 saturated heterocycles. The van der Waals surface area contributed by atoms with Crippen molar-refractivity contribution in [1.82, 2.24) is 4.31 Å². The first-order chi connectivity index (χ1) is 12.9. The van der Waals surface area contributed by atoms with E-state index < -0.39 is 22.5 Å². The Hall–Kier alpha value is -2.78. The van der Waals surface area contributed by atoms with Crippen molar-refractivity contribution in [3.8, 4) is 17.2 Å². The van der Waals surface area contributed by atoms with Gasteiger partial charge in [-0.1, -0.05) is 6.07 Å². The van der Waals surface area contributed by atoms with E-state index in [2.05, 4.69) is 0 Å². The van der Waals surface area contributed by atoms with Crippen molar-refractivity contribution in [3.63, 3.8) is 0 Å². The monoisotopic (exact) mass is 393 g/mol. The van der Waals surface area contributed by atoms with Gasteiger partial charge in [0.15, 0.2) is 11.5 Å². The van der Waals surface area contributed by atoms with Crippen LogP contribution in [0.5, 0.6) is 17.2 Å². The first kappa shape index (κ1) is 19.0. The van der Waals surface area contributed by atoms with Crippen LogP contribution in [0.15, 0.2) is 47.4 Å². The van der Waals surface area contributed by atoms with Crippen LogP contribution in [-0.4, -0.2) is 50.8 Å². The minimum Gasteiger partial charge on any atom is -0.497 e. The number of fused-ring (bicyclic) bond motifs is 1. The number of nitrogens with zero attached hydrogens (tertiary/aromatic N) is 1. The Morgan fingerprint density at radius 1 is 1.15 bits per heavy atom. The Labute approximate surface area is 156 Å². The molecule has 1 N–H and O–H groups in total. The molecule has 0 unspecified atom stereocenters. The summed E-state index contributed by atoms with van der Waals surface area (Å²) < 4.78 is 42.2. The zero-order chi connectivity index (χ0) is 19.4. The maximum absolute atomic E-state index is 12.9. The number of hydrogen-bond acceptors (Lipinski definition) is 6. The van der Waals surface area contributed by atoms with Gasteiger partial charge in [-0.15, -0.1) is 0 Å². The summed E-state index contributed by atoms with van der Waals surface area (Å²) in [5, 5.41) is 9.14. The molecular formula is C18H19NO7S. The molecule has 9 heteroatoms. The van der Waals surface area contributed by atoms with Crippen molar-refractivity contribution in [3.05, 3.63) is 48.0 Å². The highest BCUT2D eigenvalue weighted by atomic mass is 32.2. The molecule has 0 amide bonds. The van der Waals surface area contributed by atoms with Crippen LogP contribution >= 0.6 is 0 Å². The van der Waals surface area contributed by atoms with Gasteiger partial charge in [0, 0.05) is 6.54 Å². The number of carboxylic acids is 1. The van der Waals surface area contributed by atoms with Crippen LogP contribution in [0.1, 0.15) is 5.56 Å². The van der Waals surface area contributed by atoms with Crippen LogP contribution in [0.2, 0.25) is 0 Å². The molecule has 144 valence electrons. The lowest BCUT2D eigenvalue weighted by atomic mass is 10.1. The van der Waals surface area contributed by atoms with E-state index in [9.17, 15) is 13.2 Å². The molecular weight excluding hydrogens is 374 g/mol. The summed E-state index contributed by atoms with van der Waals surface area (Å²) in [6, 6.07) is 11.1. The topological polar surface area (TPSA) is 102 Å². The van der Waals surface area contributed by atoms with E-state index in [1.165, 1.54) is 31.4 Å². The molecule has 8 nitrogen and oxygen atoms in total. The third-order valence-electron chi connectivity index (χ3n) is 4.10. The Morgan fingerprint density at radius 3 is 2.52 bits per heavy atom. The van der Waals surface area contributed by atoms with Gasteiger partial charge in [0.05, 0.1) is 12.0 Å². The molecule has 1 aliphatic heterocycles. The Morgan fingerprint density at radius 2 is 1.85 bits per heavy atom. The fraction of sp³-hybridized carbons (Fsp3) is 0.278. The van der Waals surface area contributed by atoms with Gasteiger partial charge in [-0.25, -0.2) is 8.42 Å². The van der Waals surface area contributed by atoms with E-state index in [-0.39, 0.29) is 18.2 Å². The van der Waals surface area contributed by atoms with Crippen molar-refractivity contribution >= 4 is 16.0 Å². The summed E-state index contributed by atoms with van der Waals surface area (Å²) in [7, 11) is -2.48. The minimum absolute atomic E-state index is 0.00948. The Kier molecular flexibility index (Phi) is 5.52. The molecule has 27 heavy (non-hydrogen) atoms. The third kappa shape index (κ3) is 4.32. The molecule has 3 rings (SSSR count). The molecule has 0 aliphatic carbocycles. The average Bonchev–Trinajstić information content (AvgIpc) is 3.12. The smallest absolute Gasteiger partial charge is 0.318 e. The summed E-state index contributed by atoms with van der Waals surface area (Å²) in [5.41, 5.74) is 0.819. The highest BCUT2D eigenvalue weighted by Gasteiger charge is 2.26. The van der Waals surface area contributed by atoms with Crippen molar-refractivity contribution in [2.45, 2.75) is 11.3 Å². The zero-order valence-corrected chi connectivity index (χ0v) is 15.4. The number of aliphatic carboxylic acids is 1. The van der Waals surface area contributed by atoms with Crippen LogP contribution in [-0.2, 0) is 21.2 Å². The molecule has 1 heterocycles. The van der Waals surface area contributed by atoms with E-state index in [1.54, 1.807) is 18.2 Å². The van der Waals surface area contributed by atoms with Crippen LogP contribution < -0.4 is 14.2 Å². The summed E-state index contributed by atoms with van der Waals surface area (Å²) in [6.45, 7) is -0.463. The second-order valence-electron chi connectivity index (χ2n) is 5.85. The SMILES string of the molecule is COc1ccc(S(=O)(=O)N(CCc2ccc3c(c2)OCO3)CC(=O)O)cc1. The lowest BCUT2D eigenvalue weighted by molar-refractivity contribution is -0.137. The van der Waals surface area contributed by atoms with Gasteiger partial charge in [0.1, 0.15) is 12.3 Å². The number of benzene rings is 2. The maximum atomic E-state index is 12.9. The zero-order valence-electron chi connectivity index (χ0n) is 14.6. The molecule has 0 bridgehead atoms. The highest BCUT2D eigenvalue weighted by Crippen LogP contribution is 2.32. The number of rotatable bonds is 8. The maximum Gasteiger partial charge on any atom is 0.318 e. The van der Waals surface area contributed by atoms with Crippen molar-refractivity contribution < 1.29 is 32.5 Å². The normalized spacial score (nSPS) is 13.0. The van der Waals surface area contributed by atoms with Gasteiger partial charge >= 0.3 is 5.97 Å². The lowest BCUT2D eigenvalue weighted by Gasteiger charge is -2.20. The second-order valence-corrected chi connectivity index (χ2v) is 7.78. The molecule has 0 spiro atoms. The van der Waals surface area contributed by atoms with Crippen molar-refractivity contribution in [2.75, 3.05) is 27.0 Å². The van der Waals surface area contributed by atoms with Crippen molar-refractivity contribution in [1.29, 1.82) is 0 Å². The Bertz CT molecular complexity index is 925. The fourth-order valence-corrected chi connectivity index (χ4v) is 4.07. The number of carboxylic acid groups (broad SMARTS) is 1. The largest absolute Gasteiger partial charge is 0.497 e. The van der Waals surface area contributed by atoms with Gasteiger partial charge in [-0.05, 0) is 48.4 Å². The number of sulfonamides is 1. The highest BCUT2D eigenvalue weighted by molar-refractivity contribution is 7.89. The van der Waals surface area contributed by atoms with Crippen molar-refractivity contribution in [2.24, 2.45) is 0 Å². The third-order valence-corrected chi connectivity index (χ3v) is 5.96. The molecule has 0 aromatic heterocycles. The Balaban J connectivity index is 1.79. The van der Waals surface area contributed by atoms with Gasteiger partial charge in [-0.3, -0.25) is 4.79 Å². The van der Waals surface area contributed by atoms with E-state index >= 15 is 0 Å². The summed E-state index contributed by atoms with van der Waals surface area (Å²) in [5.74, 6) is 0.513. The number of ether oxygens (including phenoxy) is 3. The van der Waals surface area contributed by atoms with E-state index in [1.807, 2.05) is 0 Å².